The van der Waals surface area contributed by atoms with Crippen molar-refractivity contribution in [1.29, 1.82) is 0 Å². The molecule has 39 heavy (non-hydrogen) atoms. The molecule has 3 N–H and O–H groups in total. The lowest BCUT2D eigenvalue weighted by atomic mass is 9.99. The van der Waals surface area contributed by atoms with Crippen molar-refractivity contribution in [2.75, 3.05) is 55.1 Å². The molecule has 0 unspecified atom stereocenters. The lowest BCUT2D eigenvalue weighted by Crippen LogP contribution is -2.44. The van der Waals surface area contributed by atoms with E-state index in [2.05, 4.69) is 22.5 Å². The normalized spacial score (nSPS) is 18.0. The zero-order valence-corrected chi connectivity index (χ0v) is 21.8. The van der Waals surface area contributed by atoms with Gasteiger partial charge in [-0.2, -0.15) is 9.97 Å². The van der Waals surface area contributed by atoms with Crippen molar-refractivity contribution in [3.63, 3.8) is 0 Å². The van der Waals surface area contributed by atoms with E-state index in [0.29, 0.717) is 55.1 Å². The SMILES string of the molecule is C[C@@H]1COCCN1c1nc(-c2ccc(NC(=O)Nc3ccc(C(=O)CO)cc3)cc2)nc(C2CCOCC2)n1. The number of aromatic nitrogens is 3. The number of aliphatic hydroxyl groups excluding tert-OH is 1. The second-order valence-corrected chi connectivity index (χ2v) is 9.64. The van der Waals surface area contributed by atoms with E-state index in [-0.39, 0.29) is 17.7 Å². The topological polar surface area (TPSA) is 139 Å². The first-order valence-corrected chi connectivity index (χ1v) is 13.1. The van der Waals surface area contributed by atoms with Gasteiger partial charge >= 0.3 is 6.03 Å². The van der Waals surface area contributed by atoms with Crippen LogP contribution in [0, 0.1) is 0 Å². The fraction of sp³-hybridized carbons (Fsp3) is 0.393. The summed E-state index contributed by atoms with van der Waals surface area (Å²) in [5.41, 5.74) is 2.32. The summed E-state index contributed by atoms with van der Waals surface area (Å²) < 4.78 is 11.1. The minimum absolute atomic E-state index is 0.160. The second-order valence-electron chi connectivity index (χ2n) is 9.64. The molecule has 2 saturated heterocycles. The third kappa shape index (κ3) is 6.56. The number of carbonyl (C=O) groups is 2. The van der Waals surface area contributed by atoms with Crippen LogP contribution in [0.15, 0.2) is 48.5 Å². The number of anilines is 3. The van der Waals surface area contributed by atoms with Gasteiger partial charge < -0.3 is 30.1 Å². The third-order valence-corrected chi connectivity index (χ3v) is 6.86. The van der Waals surface area contributed by atoms with Crippen molar-refractivity contribution in [2.24, 2.45) is 0 Å². The van der Waals surface area contributed by atoms with Gasteiger partial charge in [-0.05, 0) is 68.3 Å². The number of aliphatic hydroxyl groups is 1. The Balaban J connectivity index is 1.31. The van der Waals surface area contributed by atoms with E-state index >= 15 is 0 Å². The summed E-state index contributed by atoms with van der Waals surface area (Å²) in [6, 6.07) is 13.4. The molecule has 2 aliphatic rings. The fourth-order valence-corrected chi connectivity index (χ4v) is 4.63. The Bertz CT molecular complexity index is 1290. The molecule has 3 heterocycles. The summed E-state index contributed by atoms with van der Waals surface area (Å²) in [6.45, 7) is 4.91. The number of Topliss-reactive ketones (excluding diaryl/α,β-unsaturated/α-hetero) is 1. The molecule has 2 fully saturated rings. The highest BCUT2D eigenvalue weighted by molar-refractivity contribution is 6.01. The zero-order chi connectivity index (χ0) is 27.2. The lowest BCUT2D eigenvalue weighted by molar-refractivity contribution is 0.0834. The van der Waals surface area contributed by atoms with Gasteiger partial charge in [0.2, 0.25) is 5.95 Å². The van der Waals surface area contributed by atoms with Crippen LogP contribution in [0.4, 0.5) is 22.1 Å². The number of rotatable bonds is 7. The van der Waals surface area contributed by atoms with Gasteiger partial charge in [0.15, 0.2) is 11.6 Å². The molecule has 11 nitrogen and oxygen atoms in total. The van der Waals surface area contributed by atoms with Gasteiger partial charge in [0.25, 0.3) is 0 Å². The quantitative estimate of drug-likeness (QED) is 0.390. The van der Waals surface area contributed by atoms with Gasteiger partial charge in [-0.3, -0.25) is 4.79 Å². The molecule has 1 atom stereocenters. The molecular weight excluding hydrogens is 500 g/mol. The number of morpholine rings is 1. The third-order valence-electron chi connectivity index (χ3n) is 6.86. The maximum atomic E-state index is 12.5. The minimum Gasteiger partial charge on any atom is -0.388 e. The van der Waals surface area contributed by atoms with E-state index in [4.69, 9.17) is 29.5 Å². The molecule has 0 radical (unpaired) electrons. The first kappa shape index (κ1) is 26.7. The van der Waals surface area contributed by atoms with Gasteiger partial charge in [0.05, 0.1) is 19.3 Å². The van der Waals surface area contributed by atoms with Crippen LogP contribution in [-0.4, -0.2) is 77.5 Å². The van der Waals surface area contributed by atoms with E-state index in [1.54, 1.807) is 36.4 Å². The van der Waals surface area contributed by atoms with Crippen LogP contribution >= 0.6 is 0 Å². The largest absolute Gasteiger partial charge is 0.388 e. The molecular formula is C28H32N6O5. The van der Waals surface area contributed by atoms with Crippen LogP contribution in [0.3, 0.4) is 0 Å². The molecule has 5 rings (SSSR count). The van der Waals surface area contributed by atoms with Gasteiger partial charge in [-0.15, -0.1) is 0 Å². The lowest BCUT2D eigenvalue weighted by Gasteiger charge is -2.34. The van der Waals surface area contributed by atoms with Crippen LogP contribution in [0.5, 0.6) is 0 Å². The first-order valence-electron chi connectivity index (χ1n) is 13.1. The standard InChI is InChI=1S/C28H32N6O5/c1-18-17-39-15-12-34(18)27-32-25(31-26(33-27)21-10-13-38-14-11-21)20-4-8-23(9-5-20)30-28(37)29-22-6-2-19(3-7-22)24(36)16-35/h2-9,18,21,35H,10-17H2,1H3,(H2,29,30,37)/t18-/m1/s1. The predicted molar refractivity (Wildman–Crippen MR) is 146 cm³/mol. The molecule has 11 heteroatoms. The van der Waals surface area contributed by atoms with E-state index in [1.165, 1.54) is 0 Å². The van der Waals surface area contributed by atoms with Crippen molar-refractivity contribution in [3.8, 4) is 11.4 Å². The smallest absolute Gasteiger partial charge is 0.323 e. The maximum absolute atomic E-state index is 12.5. The summed E-state index contributed by atoms with van der Waals surface area (Å²) in [7, 11) is 0. The molecule has 0 bridgehead atoms. The summed E-state index contributed by atoms with van der Waals surface area (Å²) in [4.78, 5) is 40.8. The summed E-state index contributed by atoms with van der Waals surface area (Å²) >= 11 is 0. The van der Waals surface area contributed by atoms with E-state index < -0.39 is 12.6 Å². The highest BCUT2D eigenvalue weighted by Crippen LogP contribution is 2.29. The Hall–Kier alpha value is -3.93. The highest BCUT2D eigenvalue weighted by atomic mass is 16.5. The molecule has 3 aromatic rings. The summed E-state index contributed by atoms with van der Waals surface area (Å²) in [5, 5.41) is 14.5. The van der Waals surface area contributed by atoms with Crippen LogP contribution in [0.2, 0.25) is 0 Å². The van der Waals surface area contributed by atoms with E-state index in [1.807, 2.05) is 12.1 Å². The van der Waals surface area contributed by atoms with Crippen LogP contribution in [0.1, 0.15) is 41.9 Å². The predicted octanol–water partition coefficient (Wildman–Crippen LogP) is 3.48. The zero-order valence-electron chi connectivity index (χ0n) is 21.8. The number of ketones is 1. The van der Waals surface area contributed by atoms with Crippen LogP contribution < -0.4 is 15.5 Å². The van der Waals surface area contributed by atoms with Crippen molar-refractivity contribution in [3.05, 3.63) is 59.9 Å². The molecule has 0 spiro atoms. The van der Waals surface area contributed by atoms with Crippen LogP contribution in [0.25, 0.3) is 11.4 Å². The number of carbonyl (C=O) groups excluding carboxylic acids is 2. The Kier molecular flexibility index (Phi) is 8.40. The van der Waals surface area contributed by atoms with Crippen molar-refractivity contribution < 1.29 is 24.2 Å². The van der Waals surface area contributed by atoms with Crippen molar-refractivity contribution in [1.82, 2.24) is 15.0 Å². The van der Waals surface area contributed by atoms with E-state index in [0.717, 1.165) is 30.8 Å². The molecule has 2 amide bonds. The number of amides is 2. The summed E-state index contributed by atoms with van der Waals surface area (Å²) in [6.07, 6.45) is 1.75. The number of ether oxygens (including phenoxy) is 2. The fourth-order valence-electron chi connectivity index (χ4n) is 4.63. The molecule has 0 saturated carbocycles. The van der Waals surface area contributed by atoms with Crippen molar-refractivity contribution in [2.45, 2.75) is 31.7 Å². The van der Waals surface area contributed by atoms with Gasteiger partial charge in [0.1, 0.15) is 12.4 Å². The Labute approximate surface area is 226 Å². The monoisotopic (exact) mass is 532 g/mol. The number of benzene rings is 2. The van der Waals surface area contributed by atoms with Gasteiger partial charge in [-0.25, -0.2) is 9.78 Å². The average molecular weight is 533 g/mol. The van der Waals surface area contributed by atoms with Crippen LogP contribution in [-0.2, 0) is 9.47 Å². The average Bonchev–Trinajstić information content (AvgIpc) is 2.98. The molecule has 2 aliphatic heterocycles. The molecule has 204 valence electrons. The number of nitrogens with zero attached hydrogens (tertiary/aromatic N) is 4. The number of nitrogens with one attached hydrogen (secondary N) is 2. The molecule has 2 aromatic carbocycles. The first-order chi connectivity index (χ1) is 19.0. The van der Waals surface area contributed by atoms with E-state index in [9.17, 15) is 9.59 Å². The Morgan fingerprint density at radius 2 is 1.59 bits per heavy atom. The molecule has 0 aliphatic carbocycles. The number of hydrogen-bond donors (Lipinski definition) is 3. The maximum Gasteiger partial charge on any atom is 0.323 e. The Morgan fingerprint density at radius 1 is 0.923 bits per heavy atom. The Morgan fingerprint density at radius 3 is 2.23 bits per heavy atom. The number of hydrogen-bond acceptors (Lipinski definition) is 9. The van der Waals surface area contributed by atoms with Gasteiger partial charge in [0, 0.05) is 48.2 Å². The summed E-state index contributed by atoms with van der Waals surface area (Å²) in [5.74, 6) is 1.87. The molecule has 1 aromatic heterocycles. The highest BCUT2D eigenvalue weighted by Gasteiger charge is 2.26. The minimum atomic E-state index is -0.557. The van der Waals surface area contributed by atoms with Crippen molar-refractivity contribution >= 4 is 29.1 Å². The second kappa shape index (κ2) is 12.3. The number of urea groups is 1. The van der Waals surface area contributed by atoms with Gasteiger partial charge in [-0.1, -0.05) is 0 Å².